The van der Waals surface area contributed by atoms with Crippen molar-refractivity contribution in [1.82, 2.24) is 9.55 Å². The molecule has 3 N–H and O–H groups in total. The van der Waals surface area contributed by atoms with Gasteiger partial charge in [-0.2, -0.15) is 0 Å². The number of nitrogen functional groups attached to an aromatic ring is 1. The molecule has 1 aromatic carbocycles. The quantitative estimate of drug-likeness (QED) is 0.818. The summed E-state index contributed by atoms with van der Waals surface area (Å²) in [6.07, 6.45) is 0.735. The van der Waals surface area contributed by atoms with E-state index in [2.05, 4.69) is 25.3 Å². The molecule has 0 aliphatic carbocycles. The van der Waals surface area contributed by atoms with E-state index in [0.29, 0.717) is 0 Å². The molecule has 0 atom stereocenters. The van der Waals surface area contributed by atoms with E-state index in [1.165, 1.54) is 0 Å². The van der Waals surface area contributed by atoms with Crippen LogP contribution in [0, 0.1) is 0 Å². The Bertz CT molecular complexity index is 552. The molecule has 2 rings (SSSR count). The van der Waals surface area contributed by atoms with Crippen molar-refractivity contribution >= 4 is 16.7 Å². The number of nitrogens with two attached hydrogens (primary N) is 1. The van der Waals surface area contributed by atoms with Crippen LogP contribution >= 0.6 is 0 Å². The van der Waals surface area contributed by atoms with Gasteiger partial charge in [0, 0.05) is 24.3 Å². The Morgan fingerprint density at radius 1 is 1.33 bits per heavy atom. The van der Waals surface area contributed by atoms with Gasteiger partial charge in [-0.1, -0.05) is 20.8 Å². The van der Waals surface area contributed by atoms with Crippen LogP contribution in [0.5, 0.6) is 0 Å². The Hall–Kier alpha value is -1.55. The topological polar surface area (TPSA) is 64.1 Å². The van der Waals surface area contributed by atoms with Crippen LogP contribution in [0.4, 0.5) is 5.69 Å². The van der Waals surface area contributed by atoms with Crippen LogP contribution < -0.4 is 5.73 Å². The fourth-order valence-electron chi connectivity index (χ4n) is 2.17. The largest absolute Gasteiger partial charge is 0.399 e. The highest BCUT2D eigenvalue weighted by molar-refractivity contribution is 5.79. The molecule has 0 amide bonds. The van der Waals surface area contributed by atoms with Crippen molar-refractivity contribution < 1.29 is 5.11 Å². The zero-order chi connectivity index (χ0) is 13.3. The second-order valence-electron chi connectivity index (χ2n) is 5.66. The average Bonchev–Trinajstić information content (AvgIpc) is 2.63. The minimum Gasteiger partial charge on any atom is -0.399 e. The van der Waals surface area contributed by atoms with Gasteiger partial charge in [-0.15, -0.1) is 0 Å². The van der Waals surface area contributed by atoms with Crippen molar-refractivity contribution in [3.05, 3.63) is 24.0 Å². The SMILES string of the molecule is CC(C)(C)c1nc2cc(N)ccc2n1CCCO. The predicted molar refractivity (Wildman–Crippen MR) is 74.5 cm³/mol. The average molecular weight is 247 g/mol. The van der Waals surface area contributed by atoms with Gasteiger partial charge < -0.3 is 15.4 Å². The molecule has 0 spiro atoms. The summed E-state index contributed by atoms with van der Waals surface area (Å²) in [5.41, 5.74) is 8.52. The van der Waals surface area contributed by atoms with Crippen molar-refractivity contribution in [3.63, 3.8) is 0 Å². The summed E-state index contributed by atoms with van der Waals surface area (Å²) in [6, 6.07) is 5.80. The second-order valence-corrected chi connectivity index (χ2v) is 5.66. The summed E-state index contributed by atoms with van der Waals surface area (Å²) in [4.78, 5) is 4.70. The number of aromatic nitrogens is 2. The highest BCUT2D eigenvalue weighted by Crippen LogP contribution is 2.27. The van der Waals surface area contributed by atoms with E-state index in [1.54, 1.807) is 0 Å². The first-order valence-electron chi connectivity index (χ1n) is 6.30. The highest BCUT2D eigenvalue weighted by Gasteiger charge is 2.22. The van der Waals surface area contributed by atoms with Crippen molar-refractivity contribution in [2.24, 2.45) is 0 Å². The van der Waals surface area contributed by atoms with Gasteiger partial charge in [0.25, 0.3) is 0 Å². The van der Waals surface area contributed by atoms with Crippen molar-refractivity contribution in [3.8, 4) is 0 Å². The van der Waals surface area contributed by atoms with Crippen molar-refractivity contribution in [1.29, 1.82) is 0 Å². The van der Waals surface area contributed by atoms with Crippen LogP contribution in [-0.2, 0) is 12.0 Å². The first-order chi connectivity index (χ1) is 8.43. The van der Waals surface area contributed by atoms with Gasteiger partial charge in [0.15, 0.2) is 0 Å². The van der Waals surface area contributed by atoms with Crippen LogP contribution in [0.1, 0.15) is 33.0 Å². The summed E-state index contributed by atoms with van der Waals surface area (Å²) in [5, 5.41) is 9.02. The number of benzene rings is 1. The molecule has 1 heterocycles. The smallest absolute Gasteiger partial charge is 0.115 e. The van der Waals surface area contributed by atoms with E-state index >= 15 is 0 Å². The maximum atomic E-state index is 9.02. The second kappa shape index (κ2) is 4.61. The molecule has 4 heteroatoms. The lowest BCUT2D eigenvalue weighted by Gasteiger charge is -2.20. The fourth-order valence-corrected chi connectivity index (χ4v) is 2.17. The van der Waals surface area contributed by atoms with Crippen LogP contribution in [-0.4, -0.2) is 21.3 Å². The lowest BCUT2D eigenvalue weighted by Crippen LogP contribution is -2.19. The number of anilines is 1. The molecule has 0 radical (unpaired) electrons. The molecule has 0 unspecified atom stereocenters. The van der Waals surface area contributed by atoms with E-state index in [4.69, 9.17) is 15.8 Å². The van der Waals surface area contributed by atoms with Gasteiger partial charge in [-0.05, 0) is 24.6 Å². The van der Waals surface area contributed by atoms with E-state index in [-0.39, 0.29) is 12.0 Å². The van der Waals surface area contributed by atoms with E-state index < -0.39 is 0 Å². The summed E-state index contributed by atoms with van der Waals surface area (Å²) in [6.45, 7) is 7.41. The van der Waals surface area contributed by atoms with Crippen molar-refractivity contribution in [2.45, 2.75) is 39.2 Å². The number of rotatable bonds is 3. The number of fused-ring (bicyclic) bond motifs is 1. The van der Waals surface area contributed by atoms with Gasteiger partial charge in [0.2, 0.25) is 0 Å². The third kappa shape index (κ3) is 2.34. The normalized spacial score (nSPS) is 12.2. The molecule has 18 heavy (non-hydrogen) atoms. The van der Waals surface area contributed by atoms with Crippen LogP contribution in [0.25, 0.3) is 11.0 Å². The number of aliphatic hydroxyl groups excluding tert-OH is 1. The molecule has 1 aromatic heterocycles. The number of hydrogen-bond donors (Lipinski definition) is 2. The Morgan fingerprint density at radius 3 is 2.67 bits per heavy atom. The lowest BCUT2D eigenvalue weighted by atomic mass is 9.95. The molecule has 4 nitrogen and oxygen atoms in total. The minimum absolute atomic E-state index is 0.0246. The maximum absolute atomic E-state index is 9.02. The van der Waals surface area contributed by atoms with Crippen LogP contribution in [0.3, 0.4) is 0 Å². The molecular formula is C14H21N3O. The number of imidazole rings is 1. The molecule has 0 bridgehead atoms. The zero-order valence-corrected chi connectivity index (χ0v) is 11.3. The lowest BCUT2D eigenvalue weighted by molar-refractivity contribution is 0.278. The molecular weight excluding hydrogens is 226 g/mol. The van der Waals surface area contributed by atoms with Gasteiger partial charge >= 0.3 is 0 Å². The third-order valence-electron chi connectivity index (χ3n) is 2.98. The van der Waals surface area contributed by atoms with Gasteiger partial charge in [0.1, 0.15) is 5.82 Å². The first-order valence-corrected chi connectivity index (χ1v) is 6.30. The highest BCUT2D eigenvalue weighted by atomic mass is 16.3. The van der Waals surface area contributed by atoms with Crippen molar-refractivity contribution in [2.75, 3.05) is 12.3 Å². The van der Waals surface area contributed by atoms with Gasteiger partial charge in [0.05, 0.1) is 11.0 Å². The molecule has 98 valence electrons. The number of aliphatic hydroxyl groups is 1. The molecule has 0 aliphatic rings. The first kappa shape index (κ1) is 12.9. The summed E-state index contributed by atoms with van der Waals surface area (Å²) in [5.74, 6) is 1.04. The maximum Gasteiger partial charge on any atom is 0.115 e. The van der Waals surface area contributed by atoms with Crippen LogP contribution in [0.2, 0.25) is 0 Å². The Balaban J connectivity index is 2.60. The Labute approximate surface area is 107 Å². The molecule has 0 saturated heterocycles. The molecule has 0 saturated carbocycles. The standard InChI is InChI=1S/C14H21N3O/c1-14(2,3)13-16-11-9-10(15)5-6-12(11)17(13)7-4-8-18/h5-6,9,18H,4,7-8,15H2,1-3H3. The number of aryl methyl sites for hydroxylation is 1. The minimum atomic E-state index is -0.0246. The Morgan fingerprint density at radius 2 is 2.06 bits per heavy atom. The molecule has 0 aliphatic heterocycles. The van der Waals surface area contributed by atoms with Gasteiger partial charge in [-0.3, -0.25) is 0 Å². The summed E-state index contributed by atoms with van der Waals surface area (Å²) in [7, 11) is 0. The summed E-state index contributed by atoms with van der Waals surface area (Å²) >= 11 is 0. The van der Waals surface area contributed by atoms with E-state index in [1.807, 2.05) is 18.2 Å². The molecule has 2 aromatic rings. The monoisotopic (exact) mass is 247 g/mol. The fraction of sp³-hybridized carbons (Fsp3) is 0.500. The number of hydrogen-bond acceptors (Lipinski definition) is 3. The van der Waals surface area contributed by atoms with Gasteiger partial charge in [-0.25, -0.2) is 4.98 Å². The molecule has 0 fully saturated rings. The number of nitrogens with zero attached hydrogens (tertiary/aromatic N) is 2. The predicted octanol–water partition coefficient (Wildman–Crippen LogP) is 2.30. The van der Waals surface area contributed by atoms with Crippen LogP contribution in [0.15, 0.2) is 18.2 Å². The van der Waals surface area contributed by atoms with E-state index in [0.717, 1.165) is 35.5 Å². The zero-order valence-electron chi connectivity index (χ0n) is 11.3. The van der Waals surface area contributed by atoms with E-state index in [9.17, 15) is 0 Å². The third-order valence-corrected chi connectivity index (χ3v) is 2.98. The Kier molecular flexibility index (Phi) is 3.30. The summed E-state index contributed by atoms with van der Waals surface area (Å²) < 4.78 is 2.19.